The van der Waals surface area contributed by atoms with E-state index in [-0.39, 0.29) is 16.1 Å². The molecule has 0 amide bonds. The highest BCUT2D eigenvalue weighted by Gasteiger charge is 2.10. The first-order chi connectivity index (χ1) is 4.20. The molecule has 0 fully saturated rings. The molecule has 0 bridgehead atoms. The van der Waals surface area contributed by atoms with Crippen molar-refractivity contribution in [1.29, 1.82) is 0 Å². The van der Waals surface area contributed by atoms with Gasteiger partial charge in [0.25, 0.3) is 0 Å². The zero-order valence-corrected chi connectivity index (χ0v) is 7.00. The van der Waals surface area contributed by atoms with E-state index in [0.29, 0.717) is 0 Å². The van der Waals surface area contributed by atoms with E-state index in [1.807, 2.05) is 12.5 Å². The average Bonchev–Trinajstić information content (AvgIpc) is 1.82. The Bertz CT molecular complexity index is 94.6. The molecule has 0 N–H and O–H groups in total. The van der Waals surface area contributed by atoms with Crippen molar-refractivity contribution in [3.63, 3.8) is 0 Å². The first kappa shape index (κ1) is 9.10. The van der Waals surface area contributed by atoms with Gasteiger partial charge in [-0.3, -0.25) is 10.1 Å². The average molecular weight is 167 g/mol. The molecule has 54 valence electrons. The molecule has 0 unspecified atom stereocenters. The minimum absolute atomic E-state index is 0.0579. The molecule has 0 spiro atoms. The van der Waals surface area contributed by atoms with Gasteiger partial charge in [-0.15, -0.1) is 23.5 Å². The summed E-state index contributed by atoms with van der Waals surface area (Å²) >= 11 is 3.04. The molecule has 0 heterocycles. The number of nitrogens with zero attached hydrogens (tertiary/aromatic N) is 1. The van der Waals surface area contributed by atoms with Gasteiger partial charge in [-0.05, 0) is 12.5 Å². The molecule has 0 saturated carbocycles. The van der Waals surface area contributed by atoms with E-state index >= 15 is 0 Å². The molecule has 9 heavy (non-hydrogen) atoms. The van der Waals surface area contributed by atoms with E-state index < -0.39 is 0 Å². The Labute approximate surface area is 62.7 Å². The number of nitro groups is 1. The van der Waals surface area contributed by atoms with Crippen LogP contribution in [0.1, 0.15) is 0 Å². The van der Waals surface area contributed by atoms with Gasteiger partial charge in [0.1, 0.15) is 4.58 Å². The second-order valence-electron chi connectivity index (χ2n) is 1.42. The van der Waals surface area contributed by atoms with Crippen LogP contribution in [0.2, 0.25) is 0 Å². The number of rotatable bonds is 4. The SMILES string of the molecule is CSC(C[N+](=O)[O-])SC. The van der Waals surface area contributed by atoms with Crippen molar-refractivity contribution in [1.82, 2.24) is 0 Å². The van der Waals surface area contributed by atoms with Gasteiger partial charge in [-0.1, -0.05) is 0 Å². The predicted octanol–water partition coefficient (Wildman–Crippen LogP) is 1.32. The molecule has 0 aromatic rings. The summed E-state index contributed by atoms with van der Waals surface area (Å²) in [6.07, 6.45) is 3.76. The zero-order valence-electron chi connectivity index (χ0n) is 5.36. The zero-order chi connectivity index (χ0) is 7.28. The van der Waals surface area contributed by atoms with E-state index in [4.69, 9.17) is 0 Å². The van der Waals surface area contributed by atoms with E-state index in [1.54, 1.807) is 0 Å². The Balaban J connectivity index is 3.43. The molecule has 0 atom stereocenters. The van der Waals surface area contributed by atoms with Crippen molar-refractivity contribution in [2.45, 2.75) is 4.58 Å². The van der Waals surface area contributed by atoms with E-state index in [9.17, 15) is 10.1 Å². The van der Waals surface area contributed by atoms with Crippen molar-refractivity contribution < 1.29 is 4.92 Å². The molecule has 0 aromatic carbocycles. The van der Waals surface area contributed by atoms with Crippen molar-refractivity contribution >= 4 is 23.5 Å². The first-order valence-electron chi connectivity index (χ1n) is 2.38. The van der Waals surface area contributed by atoms with Crippen LogP contribution in [0.15, 0.2) is 0 Å². The van der Waals surface area contributed by atoms with Crippen molar-refractivity contribution in [2.75, 3.05) is 19.1 Å². The summed E-state index contributed by atoms with van der Waals surface area (Å²) in [5, 5.41) is 9.91. The van der Waals surface area contributed by atoms with Crippen LogP contribution in [0.3, 0.4) is 0 Å². The Hall–Kier alpha value is 0.1000. The summed E-state index contributed by atoms with van der Waals surface area (Å²) in [5.41, 5.74) is 0. The van der Waals surface area contributed by atoms with Gasteiger partial charge < -0.3 is 0 Å². The highest BCUT2D eigenvalue weighted by Crippen LogP contribution is 2.17. The molecule has 3 nitrogen and oxygen atoms in total. The fraction of sp³-hybridized carbons (Fsp3) is 1.00. The van der Waals surface area contributed by atoms with Gasteiger partial charge in [0.05, 0.1) is 0 Å². The van der Waals surface area contributed by atoms with E-state index in [2.05, 4.69) is 0 Å². The maximum Gasteiger partial charge on any atom is 0.224 e. The Morgan fingerprint density at radius 1 is 1.56 bits per heavy atom. The molecule has 0 aliphatic heterocycles. The third-order valence-electron chi connectivity index (χ3n) is 0.824. The van der Waals surface area contributed by atoms with Crippen molar-refractivity contribution in [2.24, 2.45) is 0 Å². The topological polar surface area (TPSA) is 43.1 Å². The lowest BCUT2D eigenvalue weighted by Crippen LogP contribution is -2.11. The normalized spacial score (nSPS) is 10.1. The number of hydrogen-bond donors (Lipinski definition) is 0. The smallest absolute Gasteiger partial charge is 0.224 e. The fourth-order valence-electron chi connectivity index (χ4n) is 0.367. The molecule has 0 radical (unpaired) electrons. The van der Waals surface area contributed by atoms with Gasteiger partial charge >= 0.3 is 0 Å². The van der Waals surface area contributed by atoms with Crippen LogP contribution in [0.4, 0.5) is 0 Å². The van der Waals surface area contributed by atoms with Gasteiger partial charge in [0, 0.05) is 4.92 Å². The first-order valence-corrected chi connectivity index (χ1v) is 4.95. The summed E-state index contributed by atoms with van der Waals surface area (Å²) in [4.78, 5) is 9.63. The van der Waals surface area contributed by atoms with Gasteiger partial charge in [-0.2, -0.15) is 0 Å². The molecule has 0 aliphatic rings. The van der Waals surface area contributed by atoms with Gasteiger partial charge in [0.15, 0.2) is 0 Å². The highest BCUT2D eigenvalue weighted by atomic mass is 32.2. The minimum atomic E-state index is -0.280. The maximum absolute atomic E-state index is 9.91. The van der Waals surface area contributed by atoms with Crippen LogP contribution in [0.25, 0.3) is 0 Å². The Morgan fingerprint density at radius 2 is 2.00 bits per heavy atom. The van der Waals surface area contributed by atoms with Crippen LogP contribution >= 0.6 is 23.5 Å². The molecular weight excluding hydrogens is 158 g/mol. The third kappa shape index (κ3) is 4.59. The summed E-state index contributed by atoms with van der Waals surface area (Å²) in [6.45, 7) is 0.0579. The molecular formula is C4H9NO2S2. The highest BCUT2D eigenvalue weighted by molar-refractivity contribution is 8.16. The molecule has 0 aliphatic carbocycles. The Morgan fingerprint density at radius 3 is 2.11 bits per heavy atom. The molecule has 0 aromatic heterocycles. The van der Waals surface area contributed by atoms with Crippen LogP contribution < -0.4 is 0 Å². The van der Waals surface area contributed by atoms with E-state index in [1.165, 1.54) is 23.5 Å². The lowest BCUT2D eigenvalue weighted by molar-refractivity contribution is -0.476. The fourth-order valence-corrected chi connectivity index (χ4v) is 1.68. The molecule has 0 rings (SSSR count). The second-order valence-corrected chi connectivity index (χ2v) is 3.80. The summed E-state index contributed by atoms with van der Waals surface area (Å²) in [6, 6.07) is 0. The summed E-state index contributed by atoms with van der Waals surface area (Å²) < 4.78 is 0.111. The second kappa shape index (κ2) is 4.93. The quantitative estimate of drug-likeness (QED) is 0.360. The number of thioether (sulfide) groups is 2. The van der Waals surface area contributed by atoms with Crippen molar-refractivity contribution in [3.8, 4) is 0 Å². The van der Waals surface area contributed by atoms with Crippen molar-refractivity contribution in [3.05, 3.63) is 10.1 Å². The third-order valence-corrected chi connectivity index (χ3v) is 3.33. The Kier molecular flexibility index (Phi) is 4.99. The minimum Gasteiger partial charge on any atom is -0.264 e. The van der Waals surface area contributed by atoms with Crippen LogP contribution in [0.5, 0.6) is 0 Å². The monoisotopic (exact) mass is 167 g/mol. The predicted molar refractivity (Wildman–Crippen MR) is 42.7 cm³/mol. The van der Waals surface area contributed by atoms with Crippen LogP contribution in [0, 0.1) is 10.1 Å². The van der Waals surface area contributed by atoms with Crippen LogP contribution in [-0.4, -0.2) is 28.6 Å². The largest absolute Gasteiger partial charge is 0.264 e. The molecule has 0 saturated heterocycles. The summed E-state index contributed by atoms with van der Waals surface area (Å²) in [7, 11) is 0. The lowest BCUT2D eigenvalue weighted by Gasteiger charge is -2.03. The van der Waals surface area contributed by atoms with Crippen LogP contribution in [-0.2, 0) is 0 Å². The maximum atomic E-state index is 9.91. The summed E-state index contributed by atoms with van der Waals surface area (Å²) in [5.74, 6) is 0. The van der Waals surface area contributed by atoms with E-state index in [0.717, 1.165) is 0 Å². The van der Waals surface area contributed by atoms with Gasteiger partial charge in [-0.25, -0.2) is 0 Å². The molecule has 5 heteroatoms. The number of hydrogen-bond acceptors (Lipinski definition) is 4. The lowest BCUT2D eigenvalue weighted by atomic mass is 10.8. The van der Waals surface area contributed by atoms with Gasteiger partial charge in [0.2, 0.25) is 6.54 Å². The standard InChI is InChI=1S/C4H9NO2S2/c1-8-4(9-2)3-5(6)7/h4H,3H2,1-2H3.